The molecule has 0 bridgehead atoms. The number of H-pyrrole nitrogens is 1. The first-order chi connectivity index (χ1) is 15.0. The van der Waals surface area contributed by atoms with Gasteiger partial charge in [0.2, 0.25) is 0 Å². The maximum Gasteiger partial charge on any atom is 0.251 e. The number of rotatable bonds is 5. The summed E-state index contributed by atoms with van der Waals surface area (Å²) in [7, 11) is 1.63. The van der Waals surface area contributed by atoms with E-state index in [4.69, 9.17) is 4.84 Å². The Hall–Kier alpha value is -3.29. The topological polar surface area (TPSA) is 87.3 Å². The van der Waals surface area contributed by atoms with Crippen LogP contribution in [0.25, 0.3) is 16.6 Å². The van der Waals surface area contributed by atoms with Crippen LogP contribution in [0.5, 0.6) is 0 Å². The molecule has 31 heavy (non-hydrogen) atoms. The highest BCUT2D eigenvalue weighted by Crippen LogP contribution is 2.23. The van der Waals surface area contributed by atoms with Crippen molar-refractivity contribution in [2.24, 2.45) is 0 Å². The summed E-state index contributed by atoms with van der Waals surface area (Å²) in [6.07, 6.45) is 4.64. The Kier molecular flexibility index (Phi) is 5.97. The maximum absolute atomic E-state index is 12.1. The van der Waals surface area contributed by atoms with Crippen molar-refractivity contribution in [2.45, 2.75) is 26.8 Å². The molecule has 0 radical (unpaired) electrons. The number of benzene rings is 1. The Morgan fingerprint density at radius 2 is 2.13 bits per heavy atom. The van der Waals surface area contributed by atoms with Gasteiger partial charge >= 0.3 is 0 Å². The van der Waals surface area contributed by atoms with E-state index < -0.39 is 0 Å². The van der Waals surface area contributed by atoms with Gasteiger partial charge in [0, 0.05) is 30.9 Å². The van der Waals surface area contributed by atoms with Crippen LogP contribution in [0.15, 0.2) is 47.4 Å². The van der Waals surface area contributed by atoms with Gasteiger partial charge in [-0.1, -0.05) is 25.1 Å². The van der Waals surface area contributed by atoms with Gasteiger partial charge in [0.05, 0.1) is 24.2 Å². The second-order valence-corrected chi connectivity index (χ2v) is 7.69. The summed E-state index contributed by atoms with van der Waals surface area (Å²) in [5, 5.41) is 4.53. The predicted octanol–water partition coefficient (Wildman–Crippen LogP) is 2.98. The standard InChI is InChI=1S/C24H26N4O3/c1-4-17-11-21-22(27-23(17)29)10-16(12-26-21)13-28-8-7-19(14-31-28)18-5-6-20(15(2)9-18)24(30)25-3/h5-7,9-12H,4,8,13-14H2,1-3H3,(H,25,30)(H,27,29). The first-order valence-corrected chi connectivity index (χ1v) is 10.4. The number of hydrogen-bond donors (Lipinski definition) is 2. The van der Waals surface area contributed by atoms with Gasteiger partial charge in [0.1, 0.15) is 0 Å². The number of pyridine rings is 2. The lowest BCUT2D eigenvalue weighted by Crippen LogP contribution is -2.28. The fourth-order valence-corrected chi connectivity index (χ4v) is 3.77. The van der Waals surface area contributed by atoms with E-state index in [1.165, 1.54) is 0 Å². The van der Waals surface area contributed by atoms with Crippen LogP contribution in [0, 0.1) is 6.92 Å². The van der Waals surface area contributed by atoms with Crippen molar-refractivity contribution in [1.82, 2.24) is 20.3 Å². The molecule has 1 amide bonds. The third-order valence-electron chi connectivity index (χ3n) is 5.58. The molecule has 0 fully saturated rings. The lowest BCUT2D eigenvalue weighted by atomic mass is 9.99. The van der Waals surface area contributed by atoms with E-state index in [0.29, 0.717) is 31.7 Å². The molecule has 7 heteroatoms. The SMILES string of the molecule is CCc1cc2ncc(CN3CC=C(c4ccc(C(=O)NC)c(C)c4)CO3)cc2[nH]c1=O. The zero-order chi connectivity index (χ0) is 22.0. The molecular weight excluding hydrogens is 392 g/mol. The van der Waals surface area contributed by atoms with Crippen LogP contribution in [0.2, 0.25) is 0 Å². The molecule has 0 unspecified atom stereocenters. The minimum atomic E-state index is -0.0830. The number of aryl methyl sites for hydroxylation is 2. The molecule has 0 saturated carbocycles. The zero-order valence-electron chi connectivity index (χ0n) is 18.0. The molecule has 2 N–H and O–H groups in total. The Morgan fingerprint density at radius 1 is 1.29 bits per heavy atom. The number of aromatic amines is 1. The molecule has 0 aliphatic carbocycles. The summed E-state index contributed by atoms with van der Waals surface area (Å²) in [6, 6.07) is 9.62. The quantitative estimate of drug-likeness (QED) is 0.665. The number of hydroxylamine groups is 2. The minimum absolute atomic E-state index is 0.0616. The molecule has 3 aromatic rings. The summed E-state index contributed by atoms with van der Waals surface area (Å²) >= 11 is 0. The van der Waals surface area contributed by atoms with Gasteiger partial charge in [0.15, 0.2) is 0 Å². The van der Waals surface area contributed by atoms with Crippen LogP contribution < -0.4 is 10.9 Å². The number of aromatic nitrogens is 2. The highest BCUT2D eigenvalue weighted by Gasteiger charge is 2.16. The van der Waals surface area contributed by atoms with Gasteiger partial charge in [-0.15, -0.1) is 0 Å². The van der Waals surface area contributed by atoms with Crippen molar-refractivity contribution in [3.05, 3.63) is 80.8 Å². The zero-order valence-corrected chi connectivity index (χ0v) is 18.0. The van der Waals surface area contributed by atoms with Gasteiger partial charge in [-0.05, 0) is 53.8 Å². The molecule has 1 aliphatic heterocycles. The Labute approximate surface area is 180 Å². The Bertz CT molecular complexity index is 1230. The summed E-state index contributed by atoms with van der Waals surface area (Å²) in [4.78, 5) is 37.3. The highest BCUT2D eigenvalue weighted by atomic mass is 16.7. The van der Waals surface area contributed by atoms with Crippen LogP contribution in [0.4, 0.5) is 0 Å². The minimum Gasteiger partial charge on any atom is -0.355 e. The summed E-state index contributed by atoms with van der Waals surface area (Å²) in [5.41, 5.74) is 6.93. The first kappa shape index (κ1) is 21.0. The van der Waals surface area contributed by atoms with Crippen LogP contribution >= 0.6 is 0 Å². The van der Waals surface area contributed by atoms with E-state index in [1.807, 2.05) is 55.4 Å². The van der Waals surface area contributed by atoms with Crippen LogP contribution in [0.3, 0.4) is 0 Å². The Morgan fingerprint density at radius 3 is 2.81 bits per heavy atom. The lowest BCUT2D eigenvalue weighted by Gasteiger charge is -2.26. The average Bonchev–Trinajstić information content (AvgIpc) is 2.78. The maximum atomic E-state index is 12.1. The molecular formula is C24H26N4O3. The molecule has 1 aliphatic rings. The van der Waals surface area contributed by atoms with E-state index in [0.717, 1.165) is 38.9 Å². The second kappa shape index (κ2) is 8.83. The van der Waals surface area contributed by atoms with Crippen molar-refractivity contribution >= 4 is 22.5 Å². The van der Waals surface area contributed by atoms with Crippen molar-refractivity contribution in [2.75, 3.05) is 20.2 Å². The summed E-state index contributed by atoms with van der Waals surface area (Å²) in [6.45, 7) is 5.55. The van der Waals surface area contributed by atoms with E-state index in [-0.39, 0.29) is 11.5 Å². The van der Waals surface area contributed by atoms with Crippen molar-refractivity contribution < 1.29 is 9.63 Å². The molecule has 3 heterocycles. The van der Waals surface area contributed by atoms with E-state index in [9.17, 15) is 9.59 Å². The molecule has 160 valence electrons. The van der Waals surface area contributed by atoms with E-state index in [1.54, 1.807) is 7.05 Å². The highest BCUT2D eigenvalue weighted by molar-refractivity contribution is 5.95. The fraction of sp³-hybridized carbons (Fsp3) is 0.292. The summed E-state index contributed by atoms with van der Waals surface area (Å²) < 4.78 is 0. The second-order valence-electron chi connectivity index (χ2n) is 7.69. The lowest BCUT2D eigenvalue weighted by molar-refractivity contribution is -0.150. The largest absolute Gasteiger partial charge is 0.355 e. The van der Waals surface area contributed by atoms with Crippen molar-refractivity contribution in [3.8, 4) is 0 Å². The van der Waals surface area contributed by atoms with Crippen LogP contribution in [0.1, 0.15) is 39.5 Å². The third kappa shape index (κ3) is 4.42. The summed E-state index contributed by atoms with van der Waals surface area (Å²) in [5.74, 6) is -0.0830. The monoisotopic (exact) mass is 418 g/mol. The van der Waals surface area contributed by atoms with Crippen LogP contribution in [-0.2, 0) is 17.8 Å². The molecule has 0 spiro atoms. The average molecular weight is 418 g/mol. The van der Waals surface area contributed by atoms with Crippen molar-refractivity contribution in [3.63, 3.8) is 0 Å². The van der Waals surface area contributed by atoms with Gasteiger partial charge in [-0.25, -0.2) is 0 Å². The molecule has 2 aromatic heterocycles. The number of carbonyl (C=O) groups excluding carboxylic acids is 1. The van der Waals surface area contributed by atoms with Gasteiger partial charge in [0.25, 0.3) is 11.5 Å². The smallest absolute Gasteiger partial charge is 0.251 e. The molecule has 1 aromatic carbocycles. The normalized spacial score (nSPS) is 14.5. The van der Waals surface area contributed by atoms with Gasteiger partial charge in [-0.2, -0.15) is 5.06 Å². The number of amides is 1. The number of fused-ring (bicyclic) bond motifs is 1. The number of carbonyl (C=O) groups is 1. The first-order valence-electron chi connectivity index (χ1n) is 10.4. The van der Waals surface area contributed by atoms with Crippen LogP contribution in [-0.4, -0.2) is 41.1 Å². The third-order valence-corrected chi connectivity index (χ3v) is 5.58. The molecule has 4 rings (SSSR count). The van der Waals surface area contributed by atoms with Gasteiger partial charge in [-0.3, -0.25) is 19.4 Å². The fourth-order valence-electron chi connectivity index (χ4n) is 3.77. The predicted molar refractivity (Wildman–Crippen MR) is 121 cm³/mol. The van der Waals surface area contributed by atoms with E-state index in [2.05, 4.69) is 21.4 Å². The molecule has 0 atom stereocenters. The Balaban J connectivity index is 1.46. The number of nitrogens with one attached hydrogen (secondary N) is 2. The molecule has 0 saturated heterocycles. The molecule has 7 nitrogen and oxygen atoms in total. The number of hydrogen-bond acceptors (Lipinski definition) is 5. The van der Waals surface area contributed by atoms with Crippen molar-refractivity contribution in [1.29, 1.82) is 0 Å². The van der Waals surface area contributed by atoms with Gasteiger partial charge < -0.3 is 10.3 Å². The number of nitrogens with zero attached hydrogens (tertiary/aromatic N) is 2. The van der Waals surface area contributed by atoms with E-state index >= 15 is 0 Å².